The number of cyclic esters (lactones) is 1. The Kier molecular flexibility index (Phi) is 4.18. The van der Waals surface area contributed by atoms with Crippen LogP contribution in [0.4, 0.5) is 0 Å². The lowest BCUT2D eigenvalue weighted by atomic mass is 9.42. The molecular formula is C23H32O6. The quantitative estimate of drug-likeness (QED) is 0.575. The Hall–Kier alpha value is -1.24. The number of ether oxygens (including phenoxy) is 1. The molecule has 6 heteroatoms. The van der Waals surface area contributed by atoms with Crippen LogP contribution in [-0.4, -0.2) is 51.5 Å². The molecule has 0 radical (unpaired) electrons. The highest BCUT2D eigenvalue weighted by atomic mass is 16.5. The molecule has 1 aliphatic heterocycles. The van der Waals surface area contributed by atoms with Crippen molar-refractivity contribution < 1.29 is 29.6 Å². The summed E-state index contributed by atoms with van der Waals surface area (Å²) in [6.45, 7) is 4.16. The van der Waals surface area contributed by atoms with E-state index in [1.54, 1.807) is 0 Å². The molecular weight excluding hydrogens is 372 g/mol. The van der Waals surface area contributed by atoms with Gasteiger partial charge in [-0.15, -0.1) is 0 Å². The van der Waals surface area contributed by atoms with Gasteiger partial charge in [0.05, 0.1) is 11.7 Å². The summed E-state index contributed by atoms with van der Waals surface area (Å²) in [5.74, 6) is -1.10. The number of aliphatic hydroxyl groups is 3. The van der Waals surface area contributed by atoms with Gasteiger partial charge < -0.3 is 20.1 Å². The SMILES string of the molecule is C[C@]12CC[C@@H](O)C[C@H]1CC[C@@H]1[C@@H]2C(=O)[C@H](O)[C@]2(C)[C@@H](C3=CC(=O)OC3)CC[C@]12O. The first-order valence-electron chi connectivity index (χ1n) is 11.1. The molecule has 4 fully saturated rings. The fourth-order valence-corrected chi connectivity index (χ4v) is 8.17. The monoisotopic (exact) mass is 404 g/mol. The Labute approximate surface area is 171 Å². The lowest BCUT2D eigenvalue weighted by molar-refractivity contribution is -0.233. The van der Waals surface area contributed by atoms with Crippen LogP contribution in [-0.2, 0) is 14.3 Å². The Balaban J connectivity index is 1.57. The number of carbonyl (C=O) groups is 2. The number of hydrogen-bond acceptors (Lipinski definition) is 6. The van der Waals surface area contributed by atoms with Crippen molar-refractivity contribution >= 4 is 11.8 Å². The van der Waals surface area contributed by atoms with E-state index in [2.05, 4.69) is 6.92 Å². The van der Waals surface area contributed by atoms with E-state index >= 15 is 0 Å². The molecule has 6 nitrogen and oxygen atoms in total. The van der Waals surface area contributed by atoms with Crippen LogP contribution in [0.3, 0.4) is 0 Å². The number of carbonyl (C=O) groups excluding carboxylic acids is 2. The van der Waals surface area contributed by atoms with Crippen molar-refractivity contribution in [1.29, 1.82) is 0 Å². The second-order valence-electron chi connectivity index (χ2n) is 10.7. The maximum absolute atomic E-state index is 13.7. The van der Waals surface area contributed by atoms with Gasteiger partial charge in [-0.2, -0.15) is 0 Å². The number of aliphatic hydroxyl groups excluding tert-OH is 2. The van der Waals surface area contributed by atoms with Gasteiger partial charge >= 0.3 is 5.97 Å². The third kappa shape index (κ3) is 2.34. The van der Waals surface area contributed by atoms with Gasteiger partial charge in [-0.05, 0) is 73.7 Å². The highest BCUT2D eigenvalue weighted by molar-refractivity contribution is 5.90. The van der Waals surface area contributed by atoms with Crippen molar-refractivity contribution in [3.63, 3.8) is 0 Å². The predicted molar refractivity (Wildman–Crippen MR) is 104 cm³/mol. The first-order chi connectivity index (χ1) is 13.6. The normalized spacial score (nSPS) is 54.3. The summed E-state index contributed by atoms with van der Waals surface area (Å²) >= 11 is 0. The first kappa shape index (κ1) is 19.7. The van der Waals surface area contributed by atoms with E-state index < -0.39 is 17.1 Å². The number of rotatable bonds is 1. The van der Waals surface area contributed by atoms with E-state index in [9.17, 15) is 24.9 Å². The fraction of sp³-hybridized carbons (Fsp3) is 0.826. The zero-order valence-corrected chi connectivity index (χ0v) is 17.3. The van der Waals surface area contributed by atoms with E-state index in [0.29, 0.717) is 25.7 Å². The Morgan fingerprint density at radius 3 is 2.52 bits per heavy atom. The molecule has 4 aliphatic carbocycles. The molecule has 0 aromatic carbocycles. The third-order valence-corrected chi connectivity index (χ3v) is 9.80. The van der Waals surface area contributed by atoms with Gasteiger partial charge in [0.25, 0.3) is 0 Å². The van der Waals surface area contributed by atoms with Crippen LogP contribution in [0.1, 0.15) is 58.8 Å². The van der Waals surface area contributed by atoms with Gasteiger partial charge in [0.15, 0.2) is 5.78 Å². The van der Waals surface area contributed by atoms with E-state index in [0.717, 1.165) is 24.8 Å². The summed E-state index contributed by atoms with van der Waals surface area (Å²) < 4.78 is 5.10. The fourth-order valence-electron chi connectivity index (χ4n) is 8.17. The van der Waals surface area contributed by atoms with Crippen LogP contribution in [0.15, 0.2) is 11.6 Å². The van der Waals surface area contributed by atoms with Crippen molar-refractivity contribution in [3.8, 4) is 0 Å². The highest BCUT2D eigenvalue weighted by Crippen LogP contribution is 2.68. The molecule has 9 atom stereocenters. The van der Waals surface area contributed by atoms with Gasteiger partial charge in [0.1, 0.15) is 12.7 Å². The molecule has 0 spiro atoms. The number of fused-ring (bicyclic) bond motifs is 5. The minimum Gasteiger partial charge on any atom is -0.458 e. The molecule has 0 saturated heterocycles. The summed E-state index contributed by atoms with van der Waals surface area (Å²) in [6, 6.07) is 0. The molecule has 29 heavy (non-hydrogen) atoms. The molecule has 0 aromatic rings. The number of ketones is 1. The molecule has 5 rings (SSSR count). The van der Waals surface area contributed by atoms with Crippen LogP contribution in [0.25, 0.3) is 0 Å². The van der Waals surface area contributed by atoms with Crippen LogP contribution in [0.2, 0.25) is 0 Å². The van der Waals surface area contributed by atoms with Crippen molar-refractivity contribution in [2.45, 2.75) is 76.6 Å². The Morgan fingerprint density at radius 2 is 1.83 bits per heavy atom. The standard InChI is InChI=1S/C23H32O6/c1-21-7-5-14(24)10-13(21)3-4-16-18(21)19(26)20(27)22(2)15(6-8-23(16,22)28)12-9-17(25)29-11-12/h9,13-16,18,20,24,27-28H,3-8,10-11H2,1-2H3/t13-,14-,15-,16-,18-,20+,21+,22+,23+/m1/s1. The van der Waals surface area contributed by atoms with Crippen LogP contribution >= 0.6 is 0 Å². The van der Waals surface area contributed by atoms with E-state index in [4.69, 9.17) is 4.74 Å². The first-order valence-corrected chi connectivity index (χ1v) is 11.1. The maximum atomic E-state index is 13.7. The average Bonchev–Trinajstić information content (AvgIpc) is 3.22. The zero-order chi connectivity index (χ0) is 20.8. The number of hydrogen-bond donors (Lipinski definition) is 3. The Bertz CT molecular complexity index is 790. The number of Topliss-reactive ketones (excluding diaryl/α,β-unsaturated/α-hetero) is 1. The van der Waals surface area contributed by atoms with Gasteiger partial charge in [-0.25, -0.2) is 4.79 Å². The summed E-state index contributed by atoms with van der Waals surface area (Å²) in [7, 11) is 0. The molecule has 0 amide bonds. The van der Waals surface area contributed by atoms with E-state index in [1.165, 1.54) is 6.08 Å². The van der Waals surface area contributed by atoms with Gasteiger partial charge in [-0.1, -0.05) is 13.8 Å². The molecule has 0 bridgehead atoms. The second kappa shape index (κ2) is 6.14. The maximum Gasteiger partial charge on any atom is 0.331 e. The second-order valence-corrected chi connectivity index (χ2v) is 10.7. The summed E-state index contributed by atoms with van der Waals surface area (Å²) in [5, 5.41) is 33.6. The van der Waals surface area contributed by atoms with Gasteiger partial charge in [0, 0.05) is 17.4 Å². The summed E-state index contributed by atoms with van der Waals surface area (Å²) in [4.78, 5) is 25.3. The largest absolute Gasteiger partial charge is 0.458 e. The van der Waals surface area contributed by atoms with Crippen molar-refractivity contribution in [2.75, 3.05) is 6.61 Å². The zero-order valence-electron chi connectivity index (χ0n) is 17.3. The molecule has 4 saturated carbocycles. The third-order valence-electron chi connectivity index (χ3n) is 9.80. The van der Waals surface area contributed by atoms with Crippen molar-refractivity contribution in [1.82, 2.24) is 0 Å². The molecule has 3 N–H and O–H groups in total. The minimum absolute atomic E-state index is 0.150. The lowest BCUT2D eigenvalue weighted by Crippen LogP contribution is -2.70. The highest BCUT2D eigenvalue weighted by Gasteiger charge is 2.73. The number of esters is 1. The topological polar surface area (TPSA) is 104 Å². The summed E-state index contributed by atoms with van der Waals surface area (Å²) in [5.41, 5.74) is -1.66. The van der Waals surface area contributed by atoms with E-state index in [1.807, 2.05) is 6.92 Å². The molecule has 0 unspecified atom stereocenters. The van der Waals surface area contributed by atoms with E-state index in [-0.39, 0.29) is 53.6 Å². The lowest BCUT2D eigenvalue weighted by Gasteiger charge is -2.63. The smallest absolute Gasteiger partial charge is 0.331 e. The van der Waals surface area contributed by atoms with Crippen molar-refractivity contribution in [3.05, 3.63) is 11.6 Å². The molecule has 0 aromatic heterocycles. The van der Waals surface area contributed by atoms with Gasteiger partial charge in [-0.3, -0.25) is 4.79 Å². The van der Waals surface area contributed by atoms with Gasteiger partial charge in [0.2, 0.25) is 0 Å². The average molecular weight is 405 g/mol. The van der Waals surface area contributed by atoms with Crippen LogP contribution in [0, 0.1) is 34.5 Å². The van der Waals surface area contributed by atoms with Crippen molar-refractivity contribution in [2.24, 2.45) is 34.5 Å². The van der Waals surface area contributed by atoms with Crippen LogP contribution < -0.4 is 0 Å². The Morgan fingerprint density at radius 1 is 1.07 bits per heavy atom. The van der Waals surface area contributed by atoms with Crippen LogP contribution in [0.5, 0.6) is 0 Å². The molecule has 1 heterocycles. The molecule has 160 valence electrons. The minimum atomic E-state index is -1.26. The summed E-state index contributed by atoms with van der Waals surface area (Å²) in [6.07, 6.45) is 4.82. The molecule has 5 aliphatic rings. The predicted octanol–water partition coefficient (Wildman–Crippen LogP) is 1.75.